The third kappa shape index (κ3) is 6.90. The number of nitrogens with zero attached hydrogens (tertiary/aromatic N) is 2. The minimum atomic E-state index is -0.885. The SMILES string of the molecule is CC(=O)N(c1cc[nH]c(=O)c1N(C)C(=O)OC(C)(C)C)[C@H](C=O)CCCNC(=N)N. The summed E-state index contributed by atoms with van der Waals surface area (Å²) < 4.78 is 5.31. The summed E-state index contributed by atoms with van der Waals surface area (Å²) in [6, 6.07) is 0.562. The van der Waals surface area contributed by atoms with Gasteiger partial charge < -0.3 is 30.5 Å². The van der Waals surface area contributed by atoms with Crippen molar-refractivity contribution in [3.63, 3.8) is 0 Å². The van der Waals surface area contributed by atoms with Crippen LogP contribution in [0.3, 0.4) is 0 Å². The van der Waals surface area contributed by atoms with Crippen molar-refractivity contribution < 1.29 is 19.1 Å². The van der Waals surface area contributed by atoms with Gasteiger partial charge in [-0.25, -0.2) is 4.79 Å². The van der Waals surface area contributed by atoms with E-state index in [1.165, 1.54) is 31.1 Å². The van der Waals surface area contributed by atoms with E-state index >= 15 is 0 Å². The average molecular weight is 422 g/mol. The van der Waals surface area contributed by atoms with Gasteiger partial charge >= 0.3 is 6.09 Å². The van der Waals surface area contributed by atoms with Crippen LogP contribution < -0.4 is 26.4 Å². The zero-order chi connectivity index (χ0) is 23.1. The summed E-state index contributed by atoms with van der Waals surface area (Å²) in [4.78, 5) is 53.9. The molecular formula is C19H30N6O5. The predicted octanol–water partition coefficient (Wildman–Crippen LogP) is 0.930. The highest BCUT2D eigenvalue weighted by molar-refractivity contribution is 6.01. The van der Waals surface area contributed by atoms with E-state index in [1.54, 1.807) is 20.8 Å². The summed E-state index contributed by atoms with van der Waals surface area (Å²) in [5, 5.41) is 9.78. The molecule has 0 aliphatic rings. The Hall–Kier alpha value is -3.37. The second-order valence-corrected chi connectivity index (χ2v) is 7.66. The molecule has 0 aliphatic carbocycles. The second kappa shape index (κ2) is 10.4. The Balaban J connectivity index is 3.30. The molecule has 0 aromatic carbocycles. The van der Waals surface area contributed by atoms with Gasteiger partial charge in [-0.15, -0.1) is 0 Å². The van der Waals surface area contributed by atoms with E-state index in [1.807, 2.05) is 0 Å². The topological polar surface area (TPSA) is 162 Å². The highest BCUT2D eigenvalue weighted by atomic mass is 16.6. The zero-order valence-corrected chi connectivity index (χ0v) is 17.9. The van der Waals surface area contributed by atoms with Crippen LogP contribution in [0.15, 0.2) is 17.1 Å². The fourth-order valence-corrected chi connectivity index (χ4v) is 2.77. The molecule has 0 saturated heterocycles. The number of anilines is 2. The van der Waals surface area contributed by atoms with Crippen LogP contribution in [0.5, 0.6) is 0 Å². The van der Waals surface area contributed by atoms with E-state index in [9.17, 15) is 19.2 Å². The normalized spacial score (nSPS) is 11.9. The van der Waals surface area contributed by atoms with Crippen molar-refractivity contribution in [1.29, 1.82) is 5.41 Å². The number of rotatable bonds is 8. The van der Waals surface area contributed by atoms with E-state index in [-0.39, 0.29) is 23.8 Å². The number of hydrogen-bond donors (Lipinski definition) is 4. The summed E-state index contributed by atoms with van der Waals surface area (Å²) in [6.07, 6.45) is 1.85. The molecule has 0 bridgehead atoms. The average Bonchev–Trinajstić information content (AvgIpc) is 2.61. The first kappa shape index (κ1) is 24.7. The minimum Gasteiger partial charge on any atom is -0.443 e. The van der Waals surface area contributed by atoms with E-state index < -0.39 is 29.2 Å². The number of ether oxygens (including phenoxy) is 1. The highest BCUT2D eigenvalue weighted by Crippen LogP contribution is 2.28. The molecule has 1 rings (SSSR count). The van der Waals surface area contributed by atoms with Gasteiger partial charge in [0.05, 0.1) is 11.7 Å². The van der Waals surface area contributed by atoms with Gasteiger partial charge in [0, 0.05) is 26.7 Å². The molecule has 0 fully saturated rings. The van der Waals surface area contributed by atoms with Crippen molar-refractivity contribution in [2.75, 3.05) is 23.4 Å². The number of pyridine rings is 1. The van der Waals surface area contributed by atoms with Gasteiger partial charge in [-0.05, 0) is 39.7 Å². The number of amides is 2. The quantitative estimate of drug-likeness (QED) is 0.210. The highest BCUT2D eigenvalue weighted by Gasteiger charge is 2.30. The molecule has 0 radical (unpaired) electrons. The van der Waals surface area contributed by atoms with Crippen molar-refractivity contribution in [1.82, 2.24) is 10.3 Å². The van der Waals surface area contributed by atoms with Crippen molar-refractivity contribution in [2.24, 2.45) is 5.73 Å². The standard InChI is InChI=1S/C19H30N6O5/c1-12(27)25(13(11-26)7-6-9-23-17(20)21)14-8-10-22-16(28)15(14)24(5)18(29)30-19(2,3)4/h8,10-11,13H,6-7,9H2,1-5H3,(H,22,28)(H4,20,21,23)/t13-/m0/s1. The van der Waals surface area contributed by atoms with Gasteiger partial charge in [-0.3, -0.25) is 19.9 Å². The maximum Gasteiger partial charge on any atom is 0.414 e. The minimum absolute atomic E-state index is 0.108. The molecule has 0 unspecified atom stereocenters. The van der Waals surface area contributed by atoms with Crippen LogP contribution in [-0.2, 0) is 14.3 Å². The monoisotopic (exact) mass is 422 g/mol. The summed E-state index contributed by atoms with van der Waals surface area (Å²) in [5.74, 6) is -0.673. The summed E-state index contributed by atoms with van der Waals surface area (Å²) in [5.41, 5.74) is 3.82. The lowest BCUT2D eigenvalue weighted by molar-refractivity contribution is -0.119. The van der Waals surface area contributed by atoms with Crippen molar-refractivity contribution in [3.8, 4) is 0 Å². The predicted molar refractivity (Wildman–Crippen MR) is 114 cm³/mol. The molecule has 1 aromatic heterocycles. The van der Waals surface area contributed by atoms with E-state index in [4.69, 9.17) is 15.9 Å². The van der Waals surface area contributed by atoms with Gasteiger partial charge in [-0.2, -0.15) is 0 Å². The van der Waals surface area contributed by atoms with E-state index in [0.29, 0.717) is 19.3 Å². The van der Waals surface area contributed by atoms with Crippen LogP contribution >= 0.6 is 0 Å². The summed E-state index contributed by atoms with van der Waals surface area (Å²) >= 11 is 0. The fourth-order valence-electron chi connectivity index (χ4n) is 2.77. The van der Waals surface area contributed by atoms with E-state index in [0.717, 1.165) is 4.90 Å². The maximum absolute atomic E-state index is 12.5. The summed E-state index contributed by atoms with van der Waals surface area (Å²) in [7, 11) is 1.35. The molecule has 0 spiro atoms. The largest absolute Gasteiger partial charge is 0.443 e. The Morgan fingerprint density at radius 3 is 2.53 bits per heavy atom. The molecule has 11 heteroatoms. The molecule has 0 saturated carbocycles. The lowest BCUT2D eigenvalue weighted by atomic mass is 10.1. The number of hydrogen-bond acceptors (Lipinski definition) is 6. The number of guanidine groups is 1. The van der Waals surface area contributed by atoms with Gasteiger partial charge in [0.2, 0.25) is 5.91 Å². The van der Waals surface area contributed by atoms with Crippen LogP contribution in [0, 0.1) is 5.41 Å². The summed E-state index contributed by atoms with van der Waals surface area (Å²) in [6.45, 7) is 6.67. The maximum atomic E-state index is 12.5. The molecule has 1 heterocycles. The third-order valence-electron chi connectivity index (χ3n) is 4.00. The van der Waals surface area contributed by atoms with Crippen LogP contribution in [0.25, 0.3) is 0 Å². The molecule has 0 aliphatic heterocycles. The molecule has 1 atom stereocenters. The number of nitrogens with one attached hydrogen (secondary N) is 3. The third-order valence-corrected chi connectivity index (χ3v) is 4.00. The van der Waals surface area contributed by atoms with E-state index in [2.05, 4.69) is 10.3 Å². The lowest BCUT2D eigenvalue weighted by Crippen LogP contribution is -2.44. The molecule has 11 nitrogen and oxygen atoms in total. The number of carbonyl (C=O) groups excluding carboxylic acids is 3. The molecule has 166 valence electrons. The first-order chi connectivity index (χ1) is 13.9. The van der Waals surface area contributed by atoms with Crippen molar-refractivity contribution >= 4 is 35.6 Å². The first-order valence-corrected chi connectivity index (χ1v) is 9.40. The van der Waals surface area contributed by atoms with Gasteiger partial charge in [0.25, 0.3) is 5.56 Å². The van der Waals surface area contributed by atoms with Gasteiger partial charge in [-0.1, -0.05) is 0 Å². The van der Waals surface area contributed by atoms with Gasteiger partial charge in [0.15, 0.2) is 5.96 Å². The molecule has 2 amide bonds. The Labute approximate surface area is 175 Å². The number of nitrogens with two attached hydrogens (primary N) is 1. The number of aromatic amines is 1. The zero-order valence-electron chi connectivity index (χ0n) is 17.9. The molecule has 30 heavy (non-hydrogen) atoms. The first-order valence-electron chi connectivity index (χ1n) is 9.40. The molecule has 1 aromatic rings. The number of H-pyrrole nitrogens is 1. The fraction of sp³-hybridized carbons (Fsp3) is 0.526. The number of aldehydes is 1. The van der Waals surface area contributed by atoms with Crippen LogP contribution in [-0.4, -0.2) is 54.5 Å². The Kier molecular flexibility index (Phi) is 8.57. The number of carbonyl (C=O) groups is 3. The lowest BCUT2D eigenvalue weighted by Gasteiger charge is -2.31. The van der Waals surface area contributed by atoms with Gasteiger partial charge in [0.1, 0.15) is 17.6 Å². The Bertz CT molecular complexity index is 845. The molecule has 5 N–H and O–H groups in total. The van der Waals surface area contributed by atoms with Crippen molar-refractivity contribution in [3.05, 3.63) is 22.6 Å². The second-order valence-electron chi connectivity index (χ2n) is 7.66. The number of aromatic nitrogens is 1. The smallest absolute Gasteiger partial charge is 0.414 e. The van der Waals surface area contributed by atoms with Crippen LogP contribution in [0.1, 0.15) is 40.5 Å². The Morgan fingerprint density at radius 1 is 1.40 bits per heavy atom. The van der Waals surface area contributed by atoms with Crippen LogP contribution in [0.2, 0.25) is 0 Å². The molecular weight excluding hydrogens is 392 g/mol. The van der Waals surface area contributed by atoms with Crippen LogP contribution in [0.4, 0.5) is 16.2 Å². The van der Waals surface area contributed by atoms with Crippen molar-refractivity contribution in [2.45, 2.75) is 52.2 Å². The Morgan fingerprint density at radius 2 is 2.03 bits per heavy atom.